The SMILES string of the molecule is COc1ccc([C@@H](CNC(=O)c2cncc(Br)c2)N(C)C)cc1. The van der Waals surface area contributed by atoms with Gasteiger partial charge in [0.25, 0.3) is 5.91 Å². The Balaban J connectivity index is 2.06. The molecule has 0 spiro atoms. The first-order valence-corrected chi connectivity index (χ1v) is 7.99. The van der Waals surface area contributed by atoms with Gasteiger partial charge >= 0.3 is 0 Å². The number of amides is 1. The van der Waals surface area contributed by atoms with Gasteiger partial charge in [0.1, 0.15) is 5.75 Å². The van der Waals surface area contributed by atoms with Crippen molar-refractivity contribution >= 4 is 21.8 Å². The number of benzene rings is 1. The van der Waals surface area contributed by atoms with E-state index in [0.717, 1.165) is 15.8 Å². The molecule has 1 amide bonds. The lowest BCUT2D eigenvalue weighted by Crippen LogP contribution is -2.34. The predicted molar refractivity (Wildman–Crippen MR) is 93.7 cm³/mol. The van der Waals surface area contributed by atoms with Crippen LogP contribution in [0.1, 0.15) is 22.0 Å². The van der Waals surface area contributed by atoms with Crippen molar-refractivity contribution < 1.29 is 9.53 Å². The number of methoxy groups -OCH3 is 1. The summed E-state index contributed by atoms with van der Waals surface area (Å²) in [5.41, 5.74) is 1.65. The van der Waals surface area contributed by atoms with Gasteiger partial charge < -0.3 is 15.0 Å². The molecule has 2 rings (SSSR count). The third kappa shape index (κ3) is 4.77. The Labute approximate surface area is 144 Å². The van der Waals surface area contributed by atoms with Crippen LogP contribution in [0.15, 0.2) is 47.2 Å². The number of pyridine rings is 1. The number of carbonyl (C=O) groups excluding carboxylic acids is 1. The molecule has 23 heavy (non-hydrogen) atoms. The second kappa shape index (κ2) is 8.08. The Morgan fingerprint density at radius 3 is 2.57 bits per heavy atom. The molecule has 1 aromatic heterocycles. The summed E-state index contributed by atoms with van der Waals surface area (Å²) in [6.07, 6.45) is 3.20. The molecule has 1 aromatic carbocycles. The molecule has 0 unspecified atom stereocenters. The van der Waals surface area contributed by atoms with Crippen LogP contribution in [0.3, 0.4) is 0 Å². The van der Waals surface area contributed by atoms with Gasteiger partial charge in [-0.2, -0.15) is 0 Å². The summed E-state index contributed by atoms with van der Waals surface area (Å²) in [5, 5.41) is 2.96. The van der Waals surface area contributed by atoms with Gasteiger partial charge in [-0.05, 0) is 53.8 Å². The first kappa shape index (κ1) is 17.4. The summed E-state index contributed by atoms with van der Waals surface area (Å²) in [7, 11) is 5.62. The Morgan fingerprint density at radius 1 is 1.30 bits per heavy atom. The molecule has 0 aliphatic carbocycles. The number of likely N-dealkylation sites (N-methyl/N-ethyl adjacent to an activating group) is 1. The van der Waals surface area contributed by atoms with Gasteiger partial charge in [-0.15, -0.1) is 0 Å². The molecule has 5 nitrogen and oxygen atoms in total. The molecule has 2 aromatic rings. The minimum Gasteiger partial charge on any atom is -0.497 e. The zero-order valence-electron chi connectivity index (χ0n) is 13.4. The third-order valence-corrected chi connectivity index (χ3v) is 3.98. The number of ether oxygens (including phenoxy) is 1. The molecule has 0 fully saturated rings. The molecule has 0 saturated heterocycles. The van der Waals surface area contributed by atoms with E-state index in [9.17, 15) is 4.79 Å². The molecular weight excluding hydrogens is 358 g/mol. The number of rotatable bonds is 6. The van der Waals surface area contributed by atoms with Gasteiger partial charge in [0.05, 0.1) is 18.7 Å². The van der Waals surface area contributed by atoms with Crippen LogP contribution in [-0.2, 0) is 0 Å². The van der Waals surface area contributed by atoms with Crippen LogP contribution >= 0.6 is 15.9 Å². The summed E-state index contributed by atoms with van der Waals surface area (Å²) < 4.78 is 5.96. The highest BCUT2D eigenvalue weighted by Crippen LogP contribution is 2.21. The van der Waals surface area contributed by atoms with Gasteiger partial charge in [-0.3, -0.25) is 9.78 Å². The highest BCUT2D eigenvalue weighted by Gasteiger charge is 2.16. The van der Waals surface area contributed by atoms with Crippen LogP contribution in [0.25, 0.3) is 0 Å². The molecule has 1 heterocycles. The molecule has 0 saturated carbocycles. The maximum atomic E-state index is 12.2. The minimum atomic E-state index is -0.140. The Kier molecular flexibility index (Phi) is 6.12. The average molecular weight is 378 g/mol. The average Bonchev–Trinajstić information content (AvgIpc) is 2.55. The van der Waals surface area contributed by atoms with E-state index < -0.39 is 0 Å². The van der Waals surface area contributed by atoms with Crippen molar-refractivity contribution in [2.45, 2.75) is 6.04 Å². The van der Waals surface area contributed by atoms with E-state index in [0.29, 0.717) is 12.1 Å². The molecule has 6 heteroatoms. The van der Waals surface area contributed by atoms with E-state index in [2.05, 4.69) is 31.1 Å². The summed E-state index contributed by atoms with van der Waals surface area (Å²) in [5.74, 6) is 0.676. The molecule has 0 aliphatic heterocycles. The first-order valence-electron chi connectivity index (χ1n) is 7.20. The van der Waals surface area contributed by atoms with Crippen LogP contribution in [0.5, 0.6) is 5.75 Å². The monoisotopic (exact) mass is 377 g/mol. The number of halogens is 1. The number of carbonyl (C=O) groups is 1. The van der Waals surface area contributed by atoms with Crippen LogP contribution in [-0.4, -0.2) is 43.5 Å². The number of nitrogens with zero attached hydrogens (tertiary/aromatic N) is 2. The lowest BCUT2D eigenvalue weighted by molar-refractivity contribution is 0.0941. The van der Waals surface area contributed by atoms with E-state index in [1.165, 1.54) is 0 Å². The van der Waals surface area contributed by atoms with Gasteiger partial charge in [-0.25, -0.2) is 0 Å². The van der Waals surface area contributed by atoms with Crippen molar-refractivity contribution in [3.8, 4) is 5.75 Å². The number of aromatic nitrogens is 1. The van der Waals surface area contributed by atoms with Crippen molar-refractivity contribution in [2.75, 3.05) is 27.7 Å². The fourth-order valence-electron chi connectivity index (χ4n) is 2.25. The standard InChI is InChI=1S/C17H20BrN3O2/c1-21(2)16(12-4-6-15(23-3)7-5-12)11-20-17(22)13-8-14(18)10-19-9-13/h4-10,16H,11H2,1-3H3,(H,20,22)/t16-/m1/s1. The quantitative estimate of drug-likeness (QED) is 0.840. The van der Waals surface area contributed by atoms with Crippen LogP contribution < -0.4 is 10.1 Å². The van der Waals surface area contributed by atoms with E-state index in [1.807, 2.05) is 38.4 Å². The van der Waals surface area contributed by atoms with Crippen molar-refractivity contribution in [3.63, 3.8) is 0 Å². The summed E-state index contributed by atoms with van der Waals surface area (Å²) in [6.45, 7) is 0.505. The molecule has 0 radical (unpaired) electrons. The molecule has 122 valence electrons. The maximum absolute atomic E-state index is 12.2. The fourth-order valence-corrected chi connectivity index (χ4v) is 2.62. The first-order chi connectivity index (χ1) is 11.0. The summed E-state index contributed by atoms with van der Waals surface area (Å²) >= 11 is 3.32. The molecule has 1 N–H and O–H groups in total. The topological polar surface area (TPSA) is 54.5 Å². The van der Waals surface area contributed by atoms with E-state index in [4.69, 9.17) is 4.74 Å². The summed E-state index contributed by atoms with van der Waals surface area (Å²) in [6, 6.07) is 9.69. The second-order valence-corrected chi connectivity index (χ2v) is 6.27. The molecular formula is C17H20BrN3O2. The largest absolute Gasteiger partial charge is 0.497 e. The Bertz CT molecular complexity index is 659. The zero-order valence-corrected chi connectivity index (χ0v) is 15.0. The van der Waals surface area contributed by atoms with Gasteiger partial charge in [0, 0.05) is 23.4 Å². The lowest BCUT2D eigenvalue weighted by Gasteiger charge is -2.25. The van der Waals surface area contributed by atoms with Gasteiger partial charge in [0.15, 0.2) is 0 Å². The van der Waals surface area contributed by atoms with Gasteiger partial charge in [-0.1, -0.05) is 12.1 Å². The highest BCUT2D eigenvalue weighted by atomic mass is 79.9. The lowest BCUT2D eigenvalue weighted by atomic mass is 10.1. The van der Waals surface area contributed by atoms with Crippen LogP contribution in [0.2, 0.25) is 0 Å². The van der Waals surface area contributed by atoms with E-state index in [-0.39, 0.29) is 11.9 Å². The van der Waals surface area contributed by atoms with E-state index in [1.54, 1.807) is 25.6 Å². The minimum absolute atomic E-state index is 0.0740. The zero-order chi connectivity index (χ0) is 16.8. The summed E-state index contributed by atoms with van der Waals surface area (Å²) in [4.78, 5) is 18.3. The Hall–Kier alpha value is -1.92. The van der Waals surface area contributed by atoms with E-state index >= 15 is 0 Å². The van der Waals surface area contributed by atoms with Crippen molar-refractivity contribution in [1.82, 2.24) is 15.2 Å². The molecule has 0 bridgehead atoms. The van der Waals surface area contributed by atoms with Crippen molar-refractivity contribution in [3.05, 3.63) is 58.3 Å². The van der Waals surface area contributed by atoms with Crippen molar-refractivity contribution in [2.24, 2.45) is 0 Å². The number of hydrogen-bond acceptors (Lipinski definition) is 4. The second-order valence-electron chi connectivity index (χ2n) is 5.35. The third-order valence-electron chi connectivity index (χ3n) is 3.55. The van der Waals surface area contributed by atoms with Crippen molar-refractivity contribution in [1.29, 1.82) is 0 Å². The molecule has 1 atom stereocenters. The maximum Gasteiger partial charge on any atom is 0.252 e. The highest BCUT2D eigenvalue weighted by molar-refractivity contribution is 9.10. The van der Waals surface area contributed by atoms with Crippen LogP contribution in [0, 0.1) is 0 Å². The predicted octanol–water partition coefficient (Wildman–Crippen LogP) is 2.89. The smallest absolute Gasteiger partial charge is 0.252 e. The van der Waals surface area contributed by atoms with Crippen LogP contribution in [0.4, 0.5) is 0 Å². The fraction of sp³-hybridized carbons (Fsp3) is 0.294. The number of hydrogen-bond donors (Lipinski definition) is 1. The number of nitrogens with one attached hydrogen (secondary N) is 1. The van der Waals surface area contributed by atoms with Gasteiger partial charge in [0.2, 0.25) is 0 Å². The Morgan fingerprint density at radius 2 is 2.00 bits per heavy atom. The molecule has 0 aliphatic rings. The normalized spacial score (nSPS) is 12.0.